The molecule has 84 valence electrons. The second-order valence-corrected chi connectivity index (χ2v) is 4.67. The summed E-state index contributed by atoms with van der Waals surface area (Å²) in [6.07, 6.45) is 5.76. The van der Waals surface area contributed by atoms with Crippen molar-refractivity contribution in [3.05, 3.63) is 0 Å². The molecule has 0 aliphatic heterocycles. The van der Waals surface area contributed by atoms with Crippen molar-refractivity contribution in [1.82, 2.24) is 5.32 Å². The summed E-state index contributed by atoms with van der Waals surface area (Å²) in [6, 6.07) is 0. The molecule has 0 aromatic rings. The lowest BCUT2D eigenvalue weighted by atomic mass is 10.0. The van der Waals surface area contributed by atoms with Gasteiger partial charge in [0.2, 0.25) is 0 Å². The fourth-order valence-corrected chi connectivity index (χ4v) is 2.30. The molecule has 2 atom stereocenters. The zero-order valence-corrected chi connectivity index (χ0v) is 9.63. The molecule has 2 N–H and O–H groups in total. The van der Waals surface area contributed by atoms with Crippen LogP contribution in [0, 0.1) is 11.8 Å². The van der Waals surface area contributed by atoms with Crippen molar-refractivity contribution in [2.24, 2.45) is 11.8 Å². The molecule has 1 aliphatic rings. The Kier molecular flexibility index (Phi) is 5.49. The van der Waals surface area contributed by atoms with Crippen LogP contribution in [0.1, 0.15) is 46.0 Å². The first-order chi connectivity index (χ1) is 6.76. The predicted octanol–water partition coefficient (Wildman–Crippen LogP) is 2.17. The molecular formula is C12H25NO. The van der Waals surface area contributed by atoms with Crippen molar-refractivity contribution in [3.8, 4) is 0 Å². The van der Waals surface area contributed by atoms with Gasteiger partial charge in [-0.1, -0.05) is 26.7 Å². The van der Waals surface area contributed by atoms with E-state index < -0.39 is 0 Å². The van der Waals surface area contributed by atoms with Crippen molar-refractivity contribution in [2.75, 3.05) is 13.1 Å². The first-order valence-electron chi connectivity index (χ1n) is 6.15. The molecule has 2 nitrogen and oxygen atoms in total. The number of nitrogens with one attached hydrogen (secondary N) is 1. The lowest BCUT2D eigenvalue weighted by Crippen LogP contribution is -2.27. The molecule has 1 fully saturated rings. The topological polar surface area (TPSA) is 32.3 Å². The van der Waals surface area contributed by atoms with Gasteiger partial charge in [-0.05, 0) is 44.2 Å². The molecule has 0 saturated heterocycles. The van der Waals surface area contributed by atoms with Crippen LogP contribution in [-0.4, -0.2) is 24.3 Å². The summed E-state index contributed by atoms with van der Waals surface area (Å²) in [5.74, 6) is 1.56. The van der Waals surface area contributed by atoms with E-state index in [1.165, 1.54) is 19.3 Å². The van der Waals surface area contributed by atoms with Crippen molar-refractivity contribution < 1.29 is 5.11 Å². The second-order valence-electron chi connectivity index (χ2n) is 4.67. The van der Waals surface area contributed by atoms with Gasteiger partial charge >= 0.3 is 0 Å². The van der Waals surface area contributed by atoms with E-state index in [-0.39, 0.29) is 6.10 Å². The molecule has 0 spiro atoms. The molecule has 1 saturated carbocycles. The van der Waals surface area contributed by atoms with Crippen LogP contribution in [0.3, 0.4) is 0 Å². The maximum absolute atomic E-state index is 9.37. The van der Waals surface area contributed by atoms with Gasteiger partial charge in [0, 0.05) is 0 Å². The zero-order chi connectivity index (χ0) is 10.4. The lowest BCUT2D eigenvalue weighted by Gasteiger charge is -2.15. The molecule has 0 heterocycles. The molecule has 1 rings (SSSR count). The Balaban J connectivity index is 2.03. The molecule has 0 aromatic carbocycles. The summed E-state index contributed by atoms with van der Waals surface area (Å²) in [5, 5.41) is 12.9. The van der Waals surface area contributed by atoms with Gasteiger partial charge in [-0.3, -0.25) is 0 Å². The number of aliphatic hydroxyl groups excluding tert-OH is 1. The van der Waals surface area contributed by atoms with Crippen molar-refractivity contribution >= 4 is 0 Å². The van der Waals surface area contributed by atoms with Crippen LogP contribution >= 0.6 is 0 Å². The average molecular weight is 199 g/mol. The summed E-state index contributed by atoms with van der Waals surface area (Å²) >= 11 is 0. The molecule has 14 heavy (non-hydrogen) atoms. The first-order valence-corrected chi connectivity index (χ1v) is 6.15. The zero-order valence-electron chi connectivity index (χ0n) is 9.63. The Labute approximate surface area is 88.1 Å². The number of aliphatic hydroxyl groups is 1. The summed E-state index contributed by atoms with van der Waals surface area (Å²) in [7, 11) is 0. The van der Waals surface area contributed by atoms with E-state index in [1.807, 2.05) is 0 Å². The molecule has 0 amide bonds. The summed E-state index contributed by atoms with van der Waals surface area (Å²) in [5.41, 5.74) is 0. The van der Waals surface area contributed by atoms with E-state index in [0.29, 0.717) is 0 Å². The van der Waals surface area contributed by atoms with Gasteiger partial charge in [0.1, 0.15) is 0 Å². The molecule has 0 bridgehead atoms. The molecule has 0 radical (unpaired) electrons. The largest absolute Gasteiger partial charge is 0.393 e. The normalized spacial score (nSPS) is 27.4. The van der Waals surface area contributed by atoms with E-state index in [9.17, 15) is 5.11 Å². The minimum Gasteiger partial charge on any atom is -0.393 e. The van der Waals surface area contributed by atoms with Gasteiger partial charge in [0.05, 0.1) is 6.10 Å². The molecule has 2 unspecified atom stereocenters. The van der Waals surface area contributed by atoms with Crippen LogP contribution in [0.4, 0.5) is 0 Å². The summed E-state index contributed by atoms with van der Waals surface area (Å²) < 4.78 is 0. The van der Waals surface area contributed by atoms with Gasteiger partial charge in [-0.15, -0.1) is 0 Å². The molecular weight excluding hydrogens is 174 g/mol. The van der Waals surface area contributed by atoms with Crippen molar-refractivity contribution in [1.29, 1.82) is 0 Å². The Hall–Kier alpha value is -0.0800. The van der Waals surface area contributed by atoms with Crippen molar-refractivity contribution in [3.63, 3.8) is 0 Å². The van der Waals surface area contributed by atoms with E-state index in [0.717, 1.165) is 37.8 Å². The lowest BCUT2D eigenvalue weighted by molar-refractivity contribution is 0.177. The van der Waals surface area contributed by atoms with Crippen LogP contribution in [0.15, 0.2) is 0 Å². The standard InChI is InChI=1S/C12H25NO/c1-3-10(4-2)8-13-9-11-5-6-12(14)7-11/h10-14H,3-9H2,1-2H3. The van der Waals surface area contributed by atoms with Crippen LogP contribution in [-0.2, 0) is 0 Å². The SMILES string of the molecule is CCC(CC)CNCC1CCC(O)C1. The second kappa shape index (κ2) is 6.41. The van der Waals surface area contributed by atoms with E-state index in [1.54, 1.807) is 0 Å². The number of hydrogen-bond acceptors (Lipinski definition) is 2. The minimum atomic E-state index is -0.0186. The maximum atomic E-state index is 9.37. The fraction of sp³-hybridized carbons (Fsp3) is 1.00. The van der Waals surface area contributed by atoms with E-state index >= 15 is 0 Å². The monoisotopic (exact) mass is 199 g/mol. The third-order valence-corrected chi connectivity index (χ3v) is 3.53. The number of hydrogen-bond donors (Lipinski definition) is 2. The van der Waals surface area contributed by atoms with E-state index in [4.69, 9.17) is 0 Å². The highest BCUT2D eigenvalue weighted by molar-refractivity contribution is 4.76. The summed E-state index contributed by atoms with van der Waals surface area (Å²) in [4.78, 5) is 0. The smallest absolute Gasteiger partial charge is 0.0543 e. The van der Waals surface area contributed by atoms with Gasteiger partial charge < -0.3 is 10.4 Å². The van der Waals surface area contributed by atoms with Gasteiger partial charge in [0.25, 0.3) is 0 Å². The van der Waals surface area contributed by atoms with Crippen LogP contribution in [0.25, 0.3) is 0 Å². The minimum absolute atomic E-state index is 0.0186. The molecule has 0 aromatic heterocycles. The highest BCUT2D eigenvalue weighted by Crippen LogP contribution is 2.24. The van der Waals surface area contributed by atoms with Crippen molar-refractivity contribution in [2.45, 2.75) is 52.1 Å². The Morgan fingerprint density at radius 1 is 1.29 bits per heavy atom. The Morgan fingerprint density at radius 2 is 2.00 bits per heavy atom. The maximum Gasteiger partial charge on any atom is 0.0543 e. The Morgan fingerprint density at radius 3 is 2.50 bits per heavy atom. The predicted molar refractivity (Wildman–Crippen MR) is 60.3 cm³/mol. The molecule has 1 aliphatic carbocycles. The van der Waals surface area contributed by atoms with Crippen LogP contribution < -0.4 is 5.32 Å². The quantitative estimate of drug-likeness (QED) is 0.687. The van der Waals surface area contributed by atoms with Gasteiger partial charge in [-0.2, -0.15) is 0 Å². The fourth-order valence-electron chi connectivity index (χ4n) is 2.30. The third-order valence-electron chi connectivity index (χ3n) is 3.53. The van der Waals surface area contributed by atoms with Crippen LogP contribution in [0.2, 0.25) is 0 Å². The van der Waals surface area contributed by atoms with E-state index in [2.05, 4.69) is 19.2 Å². The third kappa shape index (κ3) is 3.97. The van der Waals surface area contributed by atoms with Crippen LogP contribution in [0.5, 0.6) is 0 Å². The van der Waals surface area contributed by atoms with Gasteiger partial charge in [0.15, 0.2) is 0 Å². The van der Waals surface area contributed by atoms with Gasteiger partial charge in [-0.25, -0.2) is 0 Å². The molecule has 2 heteroatoms. The highest BCUT2D eigenvalue weighted by Gasteiger charge is 2.22. The Bertz CT molecular complexity index is 145. The number of rotatable bonds is 6. The first kappa shape index (κ1) is 12.0. The highest BCUT2D eigenvalue weighted by atomic mass is 16.3. The average Bonchev–Trinajstić information content (AvgIpc) is 2.59. The summed E-state index contributed by atoms with van der Waals surface area (Å²) in [6.45, 7) is 6.78.